The van der Waals surface area contributed by atoms with Crippen LogP contribution in [0.2, 0.25) is 0 Å². The molecule has 0 aliphatic rings. The summed E-state index contributed by atoms with van der Waals surface area (Å²) in [5.74, 6) is 1.09. The molecule has 7 nitrogen and oxygen atoms in total. The van der Waals surface area contributed by atoms with Gasteiger partial charge in [-0.25, -0.2) is 0 Å². The Kier molecular flexibility index (Phi) is 7.52. The first-order chi connectivity index (χ1) is 16.9. The van der Waals surface area contributed by atoms with Gasteiger partial charge in [-0.15, -0.1) is 11.3 Å². The number of methoxy groups -OCH3 is 1. The van der Waals surface area contributed by atoms with E-state index >= 15 is 0 Å². The van der Waals surface area contributed by atoms with Gasteiger partial charge in [0.2, 0.25) is 0 Å². The van der Waals surface area contributed by atoms with Gasteiger partial charge < -0.3 is 24.3 Å². The predicted octanol–water partition coefficient (Wildman–Crippen LogP) is 5.51. The standard InChI is InChI=1S/C27H27N3O4S/c1-29(2)24-13-10-21(28-26(31)19-8-11-22(33-3)12-9-19)16-20(24)17-30(18-23-6-4-14-34-23)27(32)25-7-5-15-35-25/h4-16H,17-18H2,1-3H3,(H,28,31). The van der Waals surface area contributed by atoms with Crippen molar-refractivity contribution in [2.75, 3.05) is 31.4 Å². The number of carbonyl (C=O) groups is 2. The average Bonchev–Trinajstić information content (AvgIpc) is 3.58. The van der Waals surface area contributed by atoms with Gasteiger partial charge in [0, 0.05) is 37.6 Å². The summed E-state index contributed by atoms with van der Waals surface area (Å²) in [6, 6.07) is 20.0. The molecular formula is C27H27N3O4S. The molecule has 35 heavy (non-hydrogen) atoms. The van der Waals surface area contributed by atoms with E-state index in [1.54, 1.807) is 42.5 Å². The van der Waals surface area contributed by atoms with E-state index in [-0.39, 0.29) is 11.8 Å². The van der Waals surface area contributed by atoms with Gasteiger partial charge in [0.05, 0.1) is 24.8 Å². The molecule has 0 unspecified atom stereocenters. The van der Waals surface area contributed by atoms with Crippen LogP contribution < -0.4 is 15.0 Å². The minimum Gasteiger partial charge on any atom is -0.497 e. The Morgan fingerprint density at radius 3 is 2.43 bits per heavy atom. The molecule has 8 heteroatoms. The Labute approximate surface area is 208 Å². The molecule has 0 saturated carbocycles. The maximum atomic E-state index is 13.3. The zero-order chi connectivity index (χ0) is 24.8. The van der Waals surface area contributed by atoms with Gasteiger partial charge in [-0.1, -0.05) is 6.07 Å². The second kappa shape index (κ2) is 10.9. The van der Waals surface area contributed by atoms with E-state index in [4.69, 9.17) is 9.15 Å². The number of nitrogens with one attached hydrogen (secondary N) is 1. The van der Waals surface area contributed by atoms with Crippen LogP contribution in [0.3, 0.4) is 0 Å². The number of rotatable bonds is 9. The van der Waals surface area contributed by atoms with Crippen LogP contribution in [0, 0.1) is 0 Å². The van der Waals surface area contributed by atoms with E-state index in [2.05, 4.69) is 5.32 Å². The number of furan rings is 1. The first-order valence-corrected chi connectivity index (χ1v) is 11.9. The zero-order valence-electron chi connectivity index (χ0n) is 19.9. The average molecular weight is 490 g/mol. The van der Waals surface area contributed by atoms with Crippen LogP contribution in [0.4, 0.5) is 11.4 Å². The lowest BCUT2D eigenvalue weighted by Crippen LogP contribution is -2.30. The Hall–Kier alpha value is -4.04. The summed E-state index contributed by atoms with van der Waals surface area (Å²) >= 11 is 1.41. The number of hydrogen-bond acceptors (Lipinski definition) is 6. The molecule has 0 saturated heterocycles. The second-order valence-electron chi connectivity index (χ2n) is 8.14. The molecule has 2 aromatic heterocycles. The molecule has 0 fully saturated rings. The third-order valence-electron chi connectivity index (χ3n) is 5.48. The smallest absolute Gasteiger partial charge is 0.264 e. The van der Waals surface area contributed by atoms with Crippen LogP contribution in [0.15, 0.2) is 82.8 Å². The quantitative estimate of drug-likeness (QED) is 0.336. The molecule has 2 amide bonds. The lowest BCUT2D eigenvalue weighted by molar-refractivity contribution is 0.0722. The van der Waals surface area contributed by atoms with Crippen molar-refractivity contribution in [3.63, 3.8) is 0 Å². The van der Waals surface area contributed by atoms with Gasteiger partial charge >= 0.3 is 0 Å². The van der Waals surface area contributed by atoms with Gasteiger partial charge in [-0.05, 0) is 71.6 Å². The number of hydrogen-bond donors (Lipinski definition) is 1. The van der Waals surface area contributed by atoms with Gasteiger partial charge in [0.25, 0.3) is 11.8 Å². The molecule has 180 valence electrons. The summed E-state index contributed by atoms with van der Waals surface area (Å²) in [6.45, 7) is 0.677. The summed E-state index contributed by atoms with van der Waals surface area (Å²) in [6.07, 6.45) is 1.60. The van der Waals surface area contributed by atoms with Crippen molar-refractivity contribution in [2.45, 2.75) is 13.1 Å². The van der Waals surface area contributed by atoms with Gasteiger partial charge in [-0.2, -0.15) is 0 Å². The highest BCUT2D eigenvalue weighted by atomic mass is 32.1. The molecule has 0 atom stereocenters. The molecule has 4 rings (SSSR count). The minimum absolute atomic E-state index is 0.0752. The van der Waals surface area contributed by atoms with E-state index in [0.29, 0.717) is 40.7 Å². The summed E-state index contributed by atoms with van der Waals surface area (Å²) in [5.41, 5.74) is 3.03. The molecule has 1 N–H and O–H groups in total. The van der Waals surface area contributed by atoms with Crippen molar-refractivity contribution in [1.29, 1.82) is 0 Å². The van der Waals surface area contributed by atoms with Gasteiger partial charge in [0.1, 0.15) is 11.5 Å². The highest BCUT2D eigenvalue weighted by Crippen LogP contribution is 2.27. The zero-order valence-corrected chi connectivity index (χ0v) is 20.7. The van der Waals surface area contributed by atoms with Crippen molar-refractivity contribution >= 4 is 34.5 Å². The van der Waals surface area contributed by atoms with E-state index in [9.17, 15) is 9.59 Å². The van der Waals surface area contributed by atoms with E-state index in [1.165, 1.54) is 11.3 Å². The van der Waals surface area contributed by atoms with E-state index in [0.717, 1.165) is 11.3 Å². The first-order valence-electron chi connectivity index (χ1n) is 11.1. The number of ether oxygens (including phenoxy) is 1. The molecule has 0 aliphatic heterocycles. The summed E-state index contributed by atoms with van der Waals surface area (Å²) in [4.78, 5) is 30.5. The number of benzene rings is 2. The number of nitrogens with zero attached hydrogens (tertiary/aromatic N) is 2. The molecule has 0 radical (unpaired) electrons. The van der Waals surface area contributed by atoms with E-state index in [1.807, 2.05) is 66.8 Å². The molecule has 4 aromatic rings. The molecule has 0 spiro atoms. The van der Waals surface area contributed by atoms with Crippen molar-refractivity contribution in [3.8, 4) is 5.75 Å². The van der Waals surface area contributed by atoms with Crippen molar-refractivity contribution in [1.82, 2.24) is 4.90 Å². The lowest BCUT2D eigenvalue weighted by atomic mass is 10.1. The molecule has 0 bridgehead atoms. The van der Waals surface area contributed by atoms with Crippen LogP contribution >= 0.6 is 11.3 Å². The molecule has 2 heterocycles. The third-order valence-corrected chi connectivity index (χ3v) is 6.34. The number of anilines is 2. The monoisotopic (exact) mass is 489 g/mol. The van der Waals surface area contributed by atoms with Crippen molar-refractivity contribution in [2.24, 2.45) is 0 Å². The summed E-state index contributed by atoms with van der Waals surface area (Å²) < 4.78 is 10.7. The van der Waals surface area contributed by atoms with Crippen molar-refractivity contribution < 1.29 is 18.7 Å². The highest BCUT2D eigenvalue weighted by Gasteiger charge is 2.21. The fourth-order valence-electron chi connectivity index (χ4n) is 3.72. The number of carbonyl (C=O) groups excluding carboxylic acids is 2. The van der Waals surface area contributed by atoms with Gasteiger partial charge in [-0.3, -0.25) is 9.59 Å². The molecule has 0 aliphatic carbocycles. The third kappa shape index (κ3) is 5.91. The molecular weight excluding hydrogens is 462 g/mol. The Morgan fingerprint density at radius 1 is 1.00 bits per heavy atom. The van der Waals surface area contributed by atoms with Crippen LogP contribution in [-0.4, -0.2) is 37.9 Å². The second-order valence-corrected chi connectivity index (χ2v) is 9.09. The maximum absolute atomic E-state index is 13.3. The van der Waals surface area contributed by atoms with Crippen LogP contribution in [0.25, 0.3) is 0 Å². The fraction of sp³-hybridized carbons (Fsp3) is 0.185. The topological polar surface area (TPSA) is 75.0 Å². The summed E-state index contributed by atoms with van der Waals surface area (Å²) in [5, 5.41) is 4.85. The Morgan fingerprint density at radius 2 is 1.80 bits per heavy atom. The van der Waals surface area contributed by atoms with Gasteiger partial charge in [0.15, 0.2) is 0 Å². The predicted molar refractivity (Wildman–Crippen MR) is 138 cm³/mol. The first kappa shape index (κ1) is 24.1. The van der Waals surface area contributed by atoms with Crippen LogP contribution in [0.1, 0.15) is 31.4 Å². The summed E-state index contributed by atoms with van der Waals surface area (Å²) in [7, 11) is 5.49. The van der Waals surface area contributed by atoms with Crippen molar-refractivity contribution in [3.05, 3.63) is 100 Å². The number of amides is 2. The fourth-order valence-corrected chi connectivity index (χ4v) is 4.41. The molecule has 2 aromatic carbocycles. The van der Waals surface area contributed by atoms with E-state index < -0.39 is 0 Å². The largest absolute Gasteiger partial charge is 0.497 e. The highest BCUT2D eigenvalue weighted by molar-refractivity contribution is 7.12. The maximum Gasteiger partial charge on any atom is 0.264 e. The van der Waals surface area contributed by atoms with Crippen LogP contribution in [0.5, 0.6) is 5.75 Å². The minimum atomic E-state index is -0.224. The Balaban J connectivity index is 1.60. The van der Waals surface area contributed by atoms with Crippen LogP contribution in [-0.2, 0) is 13.1 Å². The SMILES string of the molecule is COc1ccc(C(=O)Nc2ccc(N(C)C)c(CN(Cc3ccco3)C(=O)c3cccs3)c2)cc1. The normalized spacial score (nSPS) is 10.6. The lowest BCUT2D eigenvalue weighted by Gasteiger charge is -2.25. The number of thiophene rings is 1. The Bertz CT molecular complexity index is 1270.